The Morgan fingerprint density at radius 3 is 2.11 bits per heavy atom. The number of fused-ring (bicyclic) bond motifs is 1. The van der Waals surface area contributed by atoms with Gasteiger partial charge in [-0.05, 0) is 101 Å². The van der Waals surface area contributed by atoms with Crippen molar-refractivity contribution in [3.63, 3.8) is 0 Å². The molecule has 0 bridgehead atoms. The summed E-state index contributed by atoms with van der Waals surface area (Å²) in [7, 11) is 0. The van der Waals surface area contributed by atoms with E-state index < -0.39 is 37.9 Å². The normalized spacial score (nSPS) is 25.2. The monoisotopic (exact) mass is 749 g/mol. The zero-order valence-electron chi connectivity index (χ0n) is 37.8. The first-order valence-electron chi connectivity index (χ1n) is 22.5. The summed E-state index contributed by atoms with van der Waals surface area (Å²) in [5.74, 6) is -0.443. The summed E-state index contributed by atoms with van der Waals surface area (Å²) in [4.78, 5) is 27.8. The van der Waals surface area contributed by atoms with E-state index in [1.807, 2.05) is 30.3 Å². The lowest BCUT2D eigenvalue weighted by Crippen LogP contribution is -2.49. The first-order chi connectivity index (χ1) is 29.4. The van der Waals surface area contributed by atoms with Crippen molar-refractivity contribution in [2.75, 3.05) is 61.3 Å². The number of nitrogens with one attached hydrogen (secondary N) is 1. The van der Waals surface area contributed by atoms with Gasteiger partial charge in [-0.15, -0.1) is 11.6 Å². The lowest BCUT2D eigenvalue weighted by Gasteiger charge is -2.40. The number of anilines is 2. The molecule has 3 fully saturated rings. The van der Waals surface area contributed by atoms with E-state index in [-0.39, 0.29) is 36.2 Å². The van der Waals surface area contributed by atoms with Gasteiger partial charge >= 0.3 is 0 Å². The zero-order chi connectivity index (χ0) is 44.2. The second-order valence-corrected chi connectivity index (χ2v) is 14.4. The maximum absolute atomic E-state index is 12.6. The Morgan fingerprint density at radius 1 is 0.759 bits per heavy atom. The number of piperazine rings is 1. The van der Waals surface area contributed by atoms with Crippen LogP contribution in [0.5, 0.6) is 5.75 Å². The summed E-state index contributed by atoms with van der Waals surface area (Å²) in [6.45, 7) is -11.0. The van der Waals surface area contributed by atoms with E-state index in [2.05, 4.69) is 46.6 Å². The Hall–Kier alpha value is -5.05. The van der Waals surface area contributed by atoms with Crippen LogP contribution in [-0.2, 0) is 9.59 Å². The second-order valence-electron chi connectivity index (χ2n) is 14.1. The molecule has 2 N–H and O–H groups in total. The number of aromatic nitrogens is 1. The summed E-state index contributed by atoms with van der Waals surface area (Å²) in [5.41, 5.74) is 5.99. The Bertz CT molecular complexity index is 2460. The smallest absolute Gasteiger partial charge is 0.249 e. The summed E-state index contributed by atoms with van der Waals surface area (Å²) >= 11 is 6.35. The SMILES string of the molecule is [2H]C1([2H])N(CC2CCN(c3ccc(C(=C(CCCl)c4ccccc4)c4ccc(O)cc4)cc3)CC2)C([2H])([2H])C([2H])([2H])N(c2ccc3cn(C4CCC(=O)NC4=O)cc3c2)C1([2H])[2H]. The van der Waals surface area contributed by atoms with Crippen molar-refractivity contribution in [1.82, 2.24) is 14.8 Å². The van der Waals surface area contributed by atoms with Gasteiger partial charge in [0, 0.05) is 92.6 Å². The predicted octanol–water partition coefficient (Wildman–Crippen LogP) is 7.95. The van der Waals surface area contributed by atoms with Crippen molar-refractivity contribution >= 4 is 56.7 Å². The number of rotatable bonds is 10. The Balaban J connectivity index is 0.995. The Labute approximate surface area is 333 Å². The lowest BCUT2D eigenvalue weighted by molar-refractivity contribution is -0.135. The molecule has 3 saturated heterocycles. The number of hydrogen-bond acceptors (Lipinski definition) is 6. The minimum absolute atomic E-state index is 0.0544. The number of halogens is 1. The Kier molecular flexibility index (Phi) is 8.22. The average molecular weight is 750 g/mol. The summed E-state index contributed by atoms with van der Waals surface area (Å²) < 4.78 is 74.7. The van der Waals surface area contributed by atoms with Crippen molar-refractivity contribution in [2.45, 2.75) is 38.1 Å². The van der Waals surface area contributed by atoms with Crippen molar-refractivity contribution < 1.29 is 25.7 Å². The van der Waals surface area contributed by atoms with Gasteiger partial charge in [0.1, 0.15) is 11.8 Å². The molecule has 2 amide bonds. The van der Waals surface area contributed by atoms with E-state index in [0.717, 1.165) is 38.4 Å². The standard InChI is InChI=1S/C45H48ClN5O3/c46-21-18-41(33-4-2-1-3-5-33)44(35-9-14-40(52)15-10-35)34-6-11-38(12-7-34)49-22-19-32(20-23-49)29-48-24-26-50(27-25-48)39-13-8-36-30-51(31-37(36)28-39)42-16-17-43(53)47-45(42)54/h1-15,28,30-32,42,52H,16-27,29H2,(H,47,53,54)/i24D2,25D2,26D2,27D2. The number of benzene rings is 4. The molecule has 5 aromatic rings. The first-order valence-corrected chi connectivity index (χ1v) is 19.0. The van der Waals surface area contributed by atoms with Crippen LogP contribution < -0.4 is 15.1 Å². The largest absolute Gasteiger partial charge is 0.508 e. The number of hydrogen-bond donors (Lipinski definition) is 2. The van der Waals surface area contributed by atoms with Gasteiger partial charge in [-0.2, -0.15) is 0 Å². The quantitative estimate of drug-likeness (QED) is 0.0858. The molecule has 0 saturated carbocycles. The molecule has 0 aliphatic carbocycles. The minimum Gasteiger partial charge on any atom is -0.508 e. The van der Waals surface area contributed by atoms with Gasteiger partial charge in [-0.1, -0.05) is 60.7 Å². The highest BCUT2D eigenvalue weighted by atomic mass is 35.5. The molecule has 9 heteroatoms. The number of phenols is 1. The number of piperidine rings is 2. The molecule has 54 heavy (non-hydrogen) atoms. The molecule has 8 rings (SSSR count). The number of alkyl halides is 1. The van der Waals surface area contributed by atoms with Gasteiger partial charge in [0.2, 0.25) is 11.8 Å². The molecular formula is C45H48ClN5O3. The van der Waals surface area contributed by atoms with Gasteiger partial charge in [0.15, 0.2) is 0 Å². The molecule has 278 valence electrons. The molecule has 4 aromatic carbocycles. The molecule has 0 spiro atoms. The molecular weight excluding hydrogens is 694 g/mol. The third-order valence-corrected chi connectivity index (χ3v) is 10.8. The van der Waals surface area contributed by atoms with E-state index in [9.17, 15) is 14.7 Å². The van der Waals surface area contributed by atoms with Gasteiger partial charge in [-0.3, -0.25) is 19.8 Å². The fraction of sp³-hybridized carbons (Fsp3) is 0.333. The summed E-state index contributed by atoms with van der Waals surface area (Å²) in [6, 6.07) is 29.3. The fourth-order valence-corrected chi connectivity index (χ4v) is 7.88. The maximum Gasteiger partial charge on any atom is 0.249 e. The molecule has 1 aromatic heterocycles. The fourth-order valence-electron chi connectivity index (χ4n) is 7.69. The van der Waals surface area contributed by atoms with Crippen LogP contribution in [0, 0.1) is 5.92 Å². The van der Waals surface area contributed by atoms with Crippen LogP contribution in [0.15, 0.2) is 109 Å². The van der Waals surface area contributed by atoms with Gasteiger partial charge in [-0.25, -0.2) is 0 Å². The first kappa shape index (κ1) is 27.5. The van der Waals surface area contributed by atoms with Crippen LogP contribution in [0.2, 0.25) is 0 Å². The molecule has 8 nitrogen and oxygen atoms in total. The van der Waals surface area contributed by atoms with E-state index in [4.69, 9.17) is 22.6 Å². The number of nitrogens with zero attached hydrogens (tertiary/aromatic N) is 4. The van der Waals surface area contributed by atoms with Crippen molar-refractivity contribution in [2.24, 2.45) is 5.92 Å². The summed E-state index contributed by atoms with van der Waals surface area (Å²) in [5, 5.41) is 13.6. The van der Waals surface area contributed by atoms with E-state index >= 15 is 0 Å². The maximum atomic E-state index is 12.6. The van der Waals surface area contributed by atoms with Crippen LogP contribution >= 0.6 is 11.6 Å². The number of phenolic OH excluding ortho intramolecular Hbond substituents is 1. The lowest BCUT2D eigenvalue weighted by atomic mass is 9.88. The molecule has 0 radical (unpaired) electrons. The Morgan fingerprint density at radius 2 is 1.43 bits per heavy atom. The van der Waals surface area contributed by atoms with Crippen LogP contribution in [0.25, 0.3) is 21.9 Å². The molecule has 4 heterocycles. The molecule has 3 aliphatic heterocycles. The van der Waals surface area contributed by atoms with Crippen molar-refractivity contribution in [1.29, 1.82) is 0 Å². The number of carbonyl (C=O) groups excluding carboxylic acids is 2. The van der Waals surface area contributed by atoms with Crippen molar-refractivity contribution in [3.05, 3.63) is 126 Å². The highest BCUT2D eigenvalue weighted by molar-refractivity contribution is 6.18. The minimum atomic E-state index is -3.03. The predicted molar refractivity (Wildman–Crippen MR) is 219 cm³/mol. The second kappa shape index (κ2) is 16.1. The van der Waals surface area contributed by atoms with Crippen LogP contribution in [0.4, 0.5) is 11.4 Å². The number of imide groups is 1. The van der Waals surface area contributed by atoms with Crippen molar-refractivity contribution in [3.8, 4) is 5.75 Å². The topological polar surface area (TPSA) is 81.1 Å². The van der Waals surface area contributed by atoms with Gasteiger partial charge in [0.25, 0.3) is 0 Å². The van der Waals surface area contributed by atoms with Crippen LogP contribution in [0.3, 0.4) is 0 Å². The number of carbonyl (C=O) groups is 2. The number of amides is 2. The highest BCUT2D eigenvalue weighted by Crippen LogP contribution is 2.37. The average Bonchev–Trinajstić information content (AvgIpc) is 3.66. The third-order valence-electron chi connectivity index (χ3n) is 10.6. The third kappa shape index (κ3) is 7.91. The van der Waals surface area contributed by atoms with Gasteiger partial charge in [0.05, 0.1) is 5.48 Å². The van der Waals surface area contributed by atoms with Gasteiger partial charge < -0.3 is 19.5 Å². The molecule has 3 aliphatic rings. The zero-order valence-corrected chi connectivity index (χ0v) is 30.6. The van der Waals surface area contributed by atoms with E-state index in [1.54, 1.807) is 35.2 Å². The highest BCUT2D eigenvalue weighted by Gasteiger charge is 2.28. The number of aromatic hydroxyl groups is 1. The van der Waals surface area contributed by atoms with E-state index in [1.165, 1.54) is 12.1 Å². The molecule has 1 atom stereocenters. The van der Waals surface area contributed by atoms with Crippen LogP contribution in [-0.4, -0.2) is 77.9 Å². The van der Waals surface area contributed by atoms with E-state index in [0.29, 0.717) is 60.3 Å². The summed E-state index contributed by atoms with van der Waals surface area (Å²) in [6.07, 6.45) is 5.54. The van der Waals surface area contributed by atoms with Crippen LogP contribution in [0.1, 0.15) is 65.8 Å². The number of allylic oxidation sites excluding steroid dienone is 1. The molecule has 1 unspecified atom stereocenters.